The number of hydrogen-bond donors (Lipinski definition) is 9. The Bertz CT molecular complexity index is 1340. The van der Waals surface area contributed by atoms with Crippen molar-refractivity contribution in [3.8, 4) is 0 Å². The van der Waals surface area contributed by atoms with Gasteiger partial charge in [-0.25, -0.2) is 0 Å². The van der Waals surface area contributed by atoms with Crippen LogP contribution in [0.1, 0.15) is 290 Å². The van der Waals surface area contributed by atoms with Gasteiger partial charge in [0.05, 0.1) is 32.0 Å². The second kappa shape index (κ2) is 49.3. The molecule has 1 amide bonds. The van der Waals surface area contributed by atoms with E-state index in [1.54, 1.807) is 6.08 Å². The fourth-order valence-electron chi connectivity index (χ4n) is 11.0. The number of rotatable bonds is 53. The normalized spacial score (nSPS) is 24.7. The van der Waals surface area contributed by atoms with Gasteiger partial charge in [0, 0.05) is 6.42 Å². The number of amides is 1. The molecule has 0 spiro atoms. The topological polar surface area (TPSA) is 228 Å². The molecule has 12 atom stereocenters. The van der Waals surface area contributed by atoms with Crippen molar-refractivity contribution in [2.45, 2.75) is 364 Å². The van der Waals surface area contributed by atoms with Crippen LogP contribution in [0.25, 0.3) is 0 Å². The minimum atomic E-state index is -1.78. The van der Waals surface area contributed by atoms with Crippen molar-refractivity contribution in [2.24, 2.45) is 0 Å². The molecule has 0 bridgehead atoms. The minimum absolute atomic E-state index is 0.235. The van der Waals surface area contributed by atoms with Gasteiger partial charge in [-0.2, -0.15) is 0 Å². The maximum absolute atomic E-state index is 13.2. The number of ether oxygens (including phenoxy) is 4. The zero-order chi connectivity index (χ0) is 56.0. The summed E-state index contributed by atoms with van der Waals surface area (Å²) in [5.74, 6) is -0.235. The summed E-state index contributed by atoms with van der Waals surface area (Å²) in [6.45, 7) is 2.80. The fraction of sp³-hybridized carbons (Fsp3) is 0.952. The summed E-state index contributed by atoms with van der Waals surface area (Å²) in [5, 5.41) is 86.9. The molecule has 456 valence electrons. The lowest BCUT2D eigenvalue weighted by atomic mass is 9.97. The minimum Gasteiger partial charge on any atom is -0.394 e. The van der Waals surface area contributed by atoms with E-state index in [2.05, 4.69) is 19.2 Å². The first-order chi connectivity index (χ1) is 37.6. The molecular formula is C63H121NO13. The number of carbonyl (C=O) groups excluding carboxylic acids is 1. The Morgan fingerprint density at radius 1 is 0.455 bits per heavy atom. The van der Waals surface area contributed by atoms with Gasteiger partial charge >= 0.3 is 0 Å². The molecule has 0 aromatic carbocycles. The van der Waals surface area contributed by atoms with Crippen LogP contribution in [0.4, 0.5) is 0 Å². The van der Waals surface area contributed by atoms with Gasteiger partial charge in [0.25, 0.3) is 0 Å². The Balaban J connectivity index is 1.58. The molecule has 2 rings (SSSR count). The van der Waals surface area contributed by atoms with E-state index >= 15 is 0 Å². The van der Waals surface area contributed by atoms with Gasteiger partial charge in [-0.05, 0) is 19.3 Å². The van der Waals surface area contributed by atoms with Crippen LogP contribution in [-0.4, -0.2) is 140 Å². The molecule has 77 heavy (non-hydrogen) atoms. The molecule has 14 heteroatoms. The summed E-state index contributed by atoms with van der Waals surface area (Å²) >= 11 is 0. The summed E-state index contributed by atoms with van der Waals surface area (Å²) in [5.41, 5.74) is 0. The first kappa shape index (κ1) is 71.8. The average molecular weight is 1100 g/mol. The van der Waals surface area contributed by atoms with E-state index in [0.29, 0.717) is 6.42 Å². The highest BCUT2D eigenvalue weighted by Gasteiger charge is 2.51. The van der Waals surface area contributed by atoms with Crippen molar-refractivity contribution in [3.05, 3.63) is 12.2 Å². The molecule has 2 aliphatic rings. The van der Waals surface area contributed by atoms with E-state index < -0.39 is 86.8 Å². The highest BCUT2D eigenvalue weighted by atomic mass is 16.7. The van der Waals surface area contributed by atoms with Crippen LogP contribution < -0.4 is 5.32 Å². The van der Waals surface area contributed by atoms with E-state index in [9.17, 15) is 45.6 Å². The maximum atomic E-state index is 13.2. The van der Waals surface area contributed by atoms with E-state index in [1.165, 1.54) is 225 Å². The van der Waals surface area contributed by atoms with Gasteiger partial charge in [0.1, 0.15) is 48.8 Å². The molecule has 0 aromatic heterocycles. The fourth-order valence-corrected chi connectivity index (χ4v) is 11.0. The summed E-state index contributed by atoms with van der Waals surface area (Å²) < 4.78 is 22.7. The Morgan fingerprint density at radius 2 is 0.805 bits per heavy atom. The van der Waals surface area contributed by atoms with Crippen molar-refractivity contribution in [1.29, 1.82) is 0 Å². The molecule has 2 fully saturated rings. The predicted molar refractivity (Wildman–Crippen MR) is 309 cm³/mol. The second-order valence-corrected chi connectivity index (χ2v) is 23.3. The van der Waals surface area contributed by atoms with Gasteiger partial charge in [-0.3, -0.25) is 4.79 Å². The van der Waals surface area contributed by atoms with Crippen molar-refractivity contribution in [3.63, 3.8) is 0 Å². The SMILES string of the molecule is CCCCCCCCCC/C=C/[C@@H](O)[C@H](CO[C@@H]1O[C@H](CO)[C@@H](O[C@@H]2O[C@H](CO)[C@H](O)C(O)C2O)C(O)C1O)NC(=O)CCCCCCCCCCCCCCCCCCCCCCCCCCCCCCCCCCC. The van der Waals surface area contributed by atoms with Crippen LogP contribution in [0.15, 0.2) is 12.2 Å². The van der Waals surface area contributed by atoms with E-state index in [1.807, 2.05) is 6.08 Å². The molecule has 0 aliphatic carbocycles. The number of carbonyl (C=O) groups is 1. The van der Waals surface area contributed by atoms with Crippen molar-refractivity contribution < 1.29 is 64.6 Å². The monoisotopic (exact) mass is 1100 g/mol. The molecular weight excluding hydrogens is 979 g/mol. The molecule has 2 aliphatic heterocycles. The van der Waals surface area contributed by atoms with Crippen LogP contribution in [-0.2, 0) is 23.7 Å². The highest BCUT2D eigenvalue weighted by molar-refractivity contribution is 5.76. The zero-order valence-corrected chi connectivity index (χ0v) is 49.2. The lowest BCUT2D eigenvalue weighted by Gasteiger charge is -2.46. The van der Waals surface area contributed by atoms with Crippen LogP contribution in [0.2, 0.25) is 0 Å². The standard InChI is InChI=1S/C63H121NO13/c1-3-5-7-9-11-13-15-16-17-18-19-20-21-22-23-24-25-26-27-28-29-30-31-32-33-34-35-36-37-39-41-43-45-47-55(68)64-51(52(67)46-44-42-40-38-14-12-10-8-6-4-2)50-74-62-60(73)58(71)61(54(49-66)76-62)77-63-59(72)57(70)56(69)53(48-65)75-63/h44,46,51-54,56-63,65-67,69-73H,3-43,45,47-50H2,1-2H3,(H,64,68)/b46-44+/t51-,52+,53+,54+,56-,57?,58?,59?,60?,61+,62+,63-/m0/s1. The number of nitrogens with one attached hydrogen (secondary N) is 1. The summed E-state index contributed by atoms with van der Waals surface area (Å²) in [6, 6.07) is -0.908. The summed E-state index contributed by atoms with van der Waals surface area (Å²) in [4.78, 5) is 13.2. The van der Waals surface area contributed by atoms with E-state index in [0.717, 1.165) is 38.5 Å². The Morgan fingerprint density at radius 3 is 1.19 bits per heavy atom. The number of aliphatic hydroxyl groups is 8. The second-order valence-electron chi connectivity index (χ2n) is 23.3. The molecule has 14 nitrogen and oxygen atoms in total. The van der Waals surface area contributed by atoms with Crippen LogP contribution in [0.3, 0.4) is 0 Å². The molecule has 4 unspecified atom stereocenters. The summed E-state index contributed by atoms with van der Waals surface area (Å²) in [7, 11) is 0. The van der Waals surface area contributed by atoms with Crippen molar-refractivity contribution >= 4 is 5.91 Å². The van der Waals surface area contributed by atoms with Gasteiger partial charge < -0.3 is 65.1 Å². The average Bonchev–Trinajstić information content (AvgIpc) is 3.44. The number of allylic oxidation sites excluding steroid dienone is 1. The molecule has 0 aromatic rings. The van der Waals surface area contributed by atoms with Crippen LogP contribution in [0, 0.1) is 0 Å². The molecule has 9 N–H and O–H groups in total. The van der Waals surface area contributed by atoms with Crippen LogP contribution in [0.5, 0.6) is 0 Å². The van der Waals surface area contributed by atoms with Gasteiger partial charge in [-0.15, -0.1) is 0 Å². The predicted octanol–water partition coefficient (Wildman–Crippen LogP) is 11.8. The lowest BCUT2D eigenvalue weighted by molar-refractivity contribution is -0.359. The van der Waals surface area contributed by atoms with Crippen molar-refractivity contribution in [1.82, 2.24) is 5.32 Å². The quantitative estimate of drug-likeness (QED) is 0.0204. The zero-order valence-electron chi connectivity index (χ0n) is 49.2. The largest absolute Gasteiger partial charge is 0.394 e. The first-order valence-electron chi connectivity index (χ1n) is 32.4. The van der Waals surface area contributed by atoms with E-state index in [4.69, 9.17) is 18.9 Å². The van der Waals surface area contributed by atoms with E-state index in [-0.39, 0.29) is 18.9 Å². The van der Waals surface area contributed by atoms with Gasteiger partial charge in [0.15, 0.2) is 12.6 Å². The third-order valence-corrected chi connectivity index (χ3v) is 16.2. The first-order valence-corrected chi connectivity index (χ1v) is 32.4. The Labute approximate surface area is 469 Å². The maximum Gasteiger partial charge on any atom is 0.220 e. The smallest absolute Gasteiger partial charge is 0.220 e. The lowest BCUT2D eigenvalue weighted by Crippen LogP contribution is -2.65. The molecule has 0 saturated carbocycles. The summed E-state index contributed by atoms with van der Waals surface area (Å²) in [6.07, 6.45) is 41.6. The van der Waals surface area contributed by atoms with Crippen LogP contribution >= 0.6 is 0 Å². The molecule has 2 heterocycles. The number of aliphatic hydroxyl groups excluding tert-OH is 8. The molecule has 0 radical (unpaired) electrons. The van der Waals surface area contributed by atoms with Crippen molar-refractivity contribution in [2.75, 3.05) is 19.8 Å². The number of hydrogen-bond acceptors (Lipinski definition) is 13. The van der Waals surface area contributed by atoms with Gasteiger partial charge in [-0.1, -0.05) is 276 Å². The Kier molecular flexibility index (Phi) is 46.0. The van der Waals surface area contributed by atoms with Gasteiger partial charge in [0.2, 0.25) is 5.91 Å². The third kappa shape index (κ3) is 34.7. The number of unbranched alkanes of at least 4 members (excludes halogenated alkanes) is 40. The highest BCUT2D eigenvalue weighted by Crippen LogP contribution is 2.30. The third-order valence-electron chi connectivity index (χ3n) is 16.2. The molecule has 2 saturated heterocycles. The Hall–Kier alpha value is -1.27.